The summed E-state index contributed by atoms with van der Waals surface area (Å²) in [6.45, 7) is 1.46. The van der Waals surface area contributed by atoms with Gasteiger partial charge >= 0.3 is 6.18 Å². The molecule has 1 aromatic rings. The van der Waals surface area contributed by atoms with Crippen LogP contribution in [0.3, 0.4) is 0 Å². The van der Waals surface area contributed by atoms with Gasteiger partial charge in [0.05, 0.1) is 11.7 Å². The molecule has 15 heavy (non-hydrogen) atoms. The number of aliphatic hydroxyl groups excluding tert-OH is 1. The molecule has 5 heteroatoms. The Hall–Kier alpha value is -0.550. The Kier molecular flexibility index (Phi) is 3.78. The molecule has 0 fully saturated rings. The third kappa shape index (κ3) is 3.50. The fraction of sp³-hybridized carbons (Fsp3) is 0.400. The third-order valence-corrected chi connectivity index (χ3v) is 2.39. The molecule has 0 heterocycles. The zero-order valence-electron chi connectivity index (χ0n) is 7.98. The largest absolute Gasteiger partial charge is 0.416 e. The van der Waals surface area contributed by atoms with E-state index in [1.54, 1.807) is 0 Å². The molecule has 0 aliphatic heterocycles. The molecule has 0 saturated heterocycles. The number of benzene rings is 1. The molecule has 0 aromatic heterocycles. The molecule has 0 bridgehead atoms. The van der Waals surface area contributed by atoms with Gasteiger partial charge in [-0.25, -0.2) is 0 Å². The van der Waals surface area contributed by atoms with Crippen molar-refractivity contribution in [2.75, 3.05) is 0 Å². The van der Waals surface area contributed by atoms with Crippen LogP contribution in [-0.2, 0) is 12.6 Å². The van der Waals surface area contributed by atoms with E-state index in [0.717, 1.165) is 6.07 Å². The Balaban J connectivity index is 3.15. The second-order valence-corrected chi connectivity index (χ2v) is 4.27. The van der Waals surface area contributed by atoms with Gasteiger partial charge in [0.15, 0.2) is 0 Å². The lowest BCUT2D eigenvalue weighted by Gasteiger charge is -2.14. The predicted octanol–water partition coefficient (Wildman–Crippen LogP) is 3.39. The predicted molar refractivity (Wildman–Crippen MR) is 54.5 cm³/mol. The fourth-order valence-electron chi connectivity index (χ4n) is 1.31. The van der Waals surface area contributed by atoms with E-state index in [1.807, 2.05) is 0 Å². The molecule has 0 spiro atoms. The minimum absolute atomic E-state index is 0.00211. The lowest BCUT2D eigenvalue weighted by Crippen LogP contribution is -2.13. The molecular weight excluding hydrogens is 273 g/mol. The van der Waals surface area contributed by atoms with Crippen LogP contribution in [0.2, 0.25) is 0 Å². The molecular formula is C10H10BrF3O. The molecule has 0 unspecified atom stereocenters. The van der Waals surface area contributed by atoms with Crippen molar-refractivity contribution in [3.63, 3.8) is 0 Å². The molecule has 1 nitrogen and oxygen atoms in total. The third-order valence-electron chi connectivity index (χ3n) is 1.89. The van der Waals surface area contributed by atoms with Crippen LogP contribution < -0.4 is 0 Å². The first-order valence-electron chi connectivity index (χ1n) is 4.34. The quantitative estimate of drug-likeness (QED) is 0.882. The summed E-state index contributed by atoms with van der Waals surface area (Å²) in [6, 6.07) is 3.93. The normalized spacial score (nSPS) is 14.0. The summed E-state index contributed by atoms with van der Waals surface area (Å²) in [6.07, 6.45) is -5.16. The summed E-state index contributed by atoms with van der Waals surface area (Å²) >= 11 is 2.99. The molecule has 1 rings (SSSR count). The van der Waals surface area contributed by atoms with E-state index in [9.17, 15) is 13.2 Å². The van der Waals surface area contributed by atoms with Gasteiger partial charge in [0, 0.05) is 4.47 Å². The van der Waals surface area contributed by atoms with Crippen molar-refractivity contribution in [2.24, 2.45) is 0 Å². The van der Waals surface area contributed by atoms with Crippen molar-refractivity contribution < 1.29 is 18.3 Å². The number of hydrogen-bond acceptors (Lipinski definition) is 1. The maximum Gasteiger partial charge on any atom is 0.416 e. The lowest BCUT2D eigenvalue weighted by atomic mass is 10.0. The molecule has 0 aliphatic carbocycles. The Morgan fingerprint density at radius 1 is 1.40 bits per heavy atom. The van der Waals surface area contributed by atoms with Gasteiger partial charge in [0.1, 0.15) is 0 Å². The second-order valence-electron chi connectivity index (χ2n) is 3.35. The summed E-state index contributed by atoms with van der Waals surface area (Å²) in [5, 5.41) is 9.09. The Bertz CT molecular complexity index is 347. The molecule has 0 radical (unpaired) electrons. The van der Waals surface area contributed by atoms with E-state index in [0.29, 0.717) is 4.47 Å². The average molecular weight is 283 g/mol. The summed E-state index contributed by atoms with van der Waals surface area (Å²) in [5.41, 5.74) is -0.585. The van der Waals surface area contributed by atoms with Crippen molar-refractivity contribution >= 4 is 15.9 Å². The van der Waals surface area contributed by atoms with Gasteiger partial charge in [-0.2, -0.15) is 13.2 Å². The molecule has 1 atom stereocenters. The van der Waals surface area contributed by atoms with Crippen molar-refractivity contribution in [3.8, 4) is 0 Å². The van der Waals surface area contributed by atoms with Gasteiger partial charge in [-0.15, -0.1) is 0 Å². The van der Waals surface area contributed by atoms with Crippen LogP contribution >= 0.6 is 15.9 Å². The Morgan fingerprint density at radius 3 is 2.47 bits per heavy atom. The van der Waals surface area contributed by atoms with Crippen LogP contribution in [0.25, 0.3) is 0 Å². The smallest absolute Gasteiger partial charge is 0.393 e. The van der Waals surface area contributed by atoms with Crippen LogP contribution in [0.4, 0.5) is 13.2 Å². The van der Waals surface area contributed by atoms with Gasteiger partial charge in [0.25, 0.3) is 0 Å². The molecule has 84 valence electrons. The molecule has 0 aliphatic rings. The van der Waals surface area contributed by atoms with Gasteiger partial charge in [0.2, 0.25) is 0 Å². The van der Waals surface area contributed by atoms with Crippen molar-refractivity contribution in [2.45, 2.75) is 25.6 Å². The maximum absolute atomic E-state index is 12.6. The summed E-state index contributed by atoms with van der Waals surface area (Å²) in [5.74, 6) is 0. The molecule has 1 aromatic carbocycles. The van der Waals surface area contributed by atoms with Crippen LogP contribution in [0.5, 0.6) is 0 Å². The summed E-state index contributed by atoms with van der Waals surface area (Å²) in [7, 11) is 0. The van der Waals surface area contributed by atoms with Gasteiger partial charge in [-0.05, 0) is 31.0 Å². The molecule has 0 amide bonds. The first kappa shape index (κ1) is 12.5. The Labute approximate surface area is 94.0 Å². The fourth-order valence-corrected chi connectivity index (χ4v) is 1.67. The van der Waals surface area contributed by atoms with E-state index >= 15 is 0 Å². The number of aliphatic hydroxyl groups is 1. The van der Waals surface area contributed by atoms with Crippen molar-refractivity contribution in [3.05, 3.63) is 33.8 Å². The summed E-state index contributed by atoms with van der Waals surface area (Å²) in [4.78, 5) is 0. The first-order valence-corrected chi connectivity index (χ1v) is 5.13. The zero-order chi connectivity index (χ0) is 11.6. The zero-order valence-corrected chi connectivity index (χ0v) is 9.56. The minimum atomic E-state index is -4.38. The van der Waals surface area contributed by atoms with E-state index < -0.39 is 17.8 Å². The summed E-state index contributed by atoms with van der Waals surface area (Å²) < 4.78 is 38.1. The molecule has 0 saturated carbocycles. The minimum Gasteiger partial charge on any atom is -0.393 e. The van der Waals surface area contributed by atoms with Crippen LogP contribution in [-0.4, -0.2) is 11.2 Å². The highest BCUT2D eigenvalue weighted by Gasteiger charge is 2.33. The van der Waals surface area contributed by atoms with Crippen LogP contribution in [0.15, 0.2) is 22.7 Å². The Morgan fingerprint density at radius 2 is 2.00 bits per heavy atom. The highest BCUT2D eigenvalue weighted by molar-refractivity contribution is 9.10. The number of rotatable bonds is 2. The SMILES string of the molecule is C[C@H](O)Cc1ccc(Br)cc1C(F)(F)F. The second kappa shape index (κ2) is 4.53. The first-order chi connectivity index (χ1) is 6.80. The number of hydrogen-bond donors (Lipinski definition) is 1. The van der Waals surface area contributed by atoms with Gasteiger partial charge in [-0.3, -0.25) is 0 Å². The van der Waals surface area contributed by atoms with E-state index in [-0.39, 0.29) is 12.0 Å². The van der Waals surface area contributed by atoms with Crippen molar-refractivity contribution in [1.29, 1.82) is 0 Å². The van der Waals surface area contributed by atoms with Crippen LogP contribution in [0, 0.1) is 0 Å². The monoisotopic (exact) mass is 282 g/mol. The maximum atomic E-state index is 12.6. The van der Waals surface area contributed by atoms with Gasteiger partial charge in [-0.1, -0.05) is 22.0 Å². The lowest BCUT2D eigenvalue weighted by molar-refractivity contribution is -0.138. The van der Waals surface area contributed by atoms with Gasteiger partial charge < -0.3 is 5.11 Å². The van der Waals surface area contributed by atoms with Crippen molar-refractivity contribution in [1.82, 2.24) is 0 Å². The van der Waals surface area contributed by atoms with E-state index in [2.05, 4.69) is 15.9 Å². The highest BCUT2D eigenvalue weighted by atomic mass is 79.9. The molecule has 1 N–H and O–H groups in total. The highest BCUT2D eigenvalue weighted by Crippen LogP contribution is 2.34. The standard InChI is InChI=1S/C10H10BrF3O/c1-6(15)4-7-2-3-8(11)5-9(7)10(12,13)14/h2-3,5-6,15H,4H2,1H3/t6-/m0/s1. The average Bonchev–Trinajstić information content (AvgIpc) is 2.05. The van der Waals surface area contributed by atoms with Crippen LogP contribution in [0.1, 0.15) is 18.1 Å². The number of alkyl halides is 3. The topological polar surface area (TPSA) is 20.2 Å². The van der Waals surface area contributed by atoms with E-state index in [1.165, 1.54) is 19.1 Å². The number of halogens is 4. The van der Waals surface area contributed by atoms with E-state index in [4.69, 9.17) is 5.11 Å².